The van der Waals surface area contributed by atoms with Crippen molar-refractivity contribution in [2.45, 2.75) is 6.92 Å². The highest BCUT2D eigenvalue weighted by molar-refractivity contribution is 6.12. The third-order valence-electron chi connectivity index (χ3n) is 4.50. The lowest BCUT2D eigenvalue weighted by molar-refractivity contribution is -0.119. The predicted molar refractivity (Wildman–Crippen MR) is 116 cm³/mol. The number of anilines is 2. The first-order valence-corrected chi connectivity index (χ1v) is 9.41. The third kappa shape index (κ3) is 5.11. The van der Waals surface area contributed by atoms with Crippen molar-refractivity contribution in [2.75, 3.05) is 23.9 Å². The van der Waals surface area contributed by atoms with E-state index in [1.165, 1.54) is 11.0 Å². The minimum atomic E-state index is -0.737. The van der Waals surface area contributed by atoms with Crippen LogP contribution in [-0.2, 0) is 9.53 Å². The maximum Gasteiger partial charge on any atom is 0.339 e. The molecule has 0 saturated heterocycles. The van der Waals surface area contributed by atoms with Crippen LogP contribution in [0.4, 0.5) is 11.4 Å². The van der Waals surface area contributed by atoms with Crippen molar-refractivity contribution >= 4 is 29.2 Å². The van der Waals surface area contributed by atoms with Crippen LogP contribution in [0.25, 0.3) is 0 Å². The molecule has 6 heteroatoms. The lowest BCUT2D eigenvalue weighted by Crippen LogP contribution is -2.28. The molecule has 0 saturated carbocycles. The third-order valence-corrected chi connectivity index (χ3v) is 4.50. The Morgan fingerprint density at radius 1 is 0.833 bits per heavy atom. The van der Waals surface area contributed by atoms with Crippen molar-refractivity contribution < 1.29 is 19.1 Å². The summed E-state index contributed by atoms with van der Waals surface area (Å²) in [5, 5.41) is 2.66. The Bertz CT molecular complexity index is 1050. The lowest BCUT2D eigenvalue weighted by Gasteiger charge is -2.18. The number of amides is 2. The van der Waals surface area contributed by atoms with Gasteiger partial charge in [0.05, 0.1) is 11.1 Å². The van der Waals surface area contributed by atoms with E-state index in [2.05, 4.69) is 5.32 Å². The van der Waals surface area contributed by atoms with Crippen LogP contribution < -0.4 is 10.2 Å². The molecule has 0 fully saturated rings. The van der Waals surface area contributed by atoms with Crippen LogP contribution in [0.2, 0.25) is 0 Å². The summed E-state index contributed by atoms with van der Waals surface area (Å²) in [5.41, 5.74) is 2.69. The Morgan fingerprint density at radius 3 is 2.10 bits per heavy atom. The van der Waals surface area contributed by atoms with Gasteiger partial charge in [-0.2, -0.15) is 0 Å². The van der Waals surface area contributed by atoms with E-state index in [9.17, 15) is 14.4 Å². The molecular formula is C24H22N2O4. The van der Waals surface area contributed by atoms with Gasteiger partial charge in [-0.05, 0) is 43.3 Å². The zero-order valence-corrected chi connectivity index (χ0v) is 16.8. The average molecular weight is 402 g/mol. The first-order chi connectivity index (χ1) is 14.5. The molecule has 0 radical (unpaired) electrons. The van der Waals surface area contributed by atoms with Crippen molar-refractivity contribution in [2.24, 2.45) is 0 Å². The molecule has 0 atom stereocenters. The van der Waals surface area contributed by atoms with Crippen molar-refractivity contribution in [3.8, 4) is 0 Å². The Hall–Kier alpha value is -3.93. The van der Waals surface area contributed by atoms with Crippen LogP contribution >= 0.6 is 0 Å². The molecule has 0 bridgehead atoms. The van der Waals surface area contributed by atoms with E-state index in [1.54, 1.807) is 49.5 Å². The normalized spacial score (nSPS) is 10.2. The van der Waals surface area contributed by atoms with Gasteiger partial charge in [0.15, 0.2) is 6.61 Å². The number of rotatable bonds is 6. The summed E-state index contributed by atoms with van der Waals surface area (Å²) in [4.78, 5) is 39.0. The highest BCUT2D eigenvalue weighted by Gasteiger charge is 2.22. The van der Waals surface area contributed by atoms with E-state index in [1.807, 2.05) is 37.3 Å². The molecular weight excluding hydrogens is 380 g/mol. The molecule has 0 aliphatic rings. The number of nitrogens with zero attached hydrogens (tertiary/aromatic N) is 1. The average Bonchev–Trinajstić information content (AvgIpc) is 2.78. The highest BCUT2D eigenvalue weighted by Crippen LogP contribution is 2.18. The molecule has 3 aromatic rings. The molecule has 0 spiro atoms. The first-order valence-electron chi connectivity index (χ1n) is 9.41. The molecule has 0 aliphatic heterocycles. The summed E-state index contributed by atoms with van der Waals surface area (Å²) in [5.74, 6) is -1.55. The number of carbonyl (C=O) groups excluding carboxylic acids is 3. The number of esters is 1. The fraction of sp³-hybridized carbons (Fsp3) is 0.125. The summed E-state index contributed by atoms with van der Waals surface area (Å²) >= 11 is 0. The Kier molecular flexibility index (Phi) is 6.60. The molecule has 2 amide bonds. The molecule has 0 aromatic heterocycles. The zero-order valence-electron chi connectivity index (χ0n) is 16.8. The van der Waals surface area contributed by atoms with Gasteiger partial charge in [-0.25, -0.2) is 4.79 Å². The fourth-order valence-corrected chi connectivity index (χ4v) is 2.84. The summed E-state index contributed by atoms with van der Waals surface area (Å²) < 4.78 is 5.14. The van der Waals surface area contributed by atoms with E-state index in [0.29, 0.717) is 11.4 Å². The molecule has 152 valence electrons. The molecule has 3 rings (SSSR count). The van der Waals surface area contributed by atoms with Gasteiger partial charge in [-0.15, -0.1) is 0 Å². The maximum absolute atomic E-state index is 12.9. The number of aryl methyl sites for hydroxylation is 1. The quantitative estimate of drug-likeness (QED) is 0.631. The number of ether oxygens (including phenoxy) is 1. The molecule has 0 aliphatic carbocycles. The number of carbonyl (C=O) groups is 3. The van der Waals surface area contributed by atoms with Gasteiger partial charge in [0, 0.05) is 18.4 Å². The smallest absolute Gasteiger partial charge is 0.339 e. The number of benzene rings is 3. The van der Waals surface area contributed by atoms with Gasteiger partial charge in [0.1, 0.15) is 0 Å². The number of para-hydroxylation sites is 1. The standard InChI is InChI=1S/C24H22N2O4/c1-17-12-14-18(15-13-17)25-22(27)16-30-24(29)21-11-7-6-10-20(21)23(28)26(2)19-8-4-3-5-9-19/h3-15H,16H2,1-2H3,(H,25,27). The number of hydrogen-bond acceptors (Lipinski definition) is 4. The molecule has 0 heterocycles. The van der Waals surface area contributed by atoms with Crippen molar-refractivity contribution in [1.82, 2.24) is 0 Å². The van der Waals surface area contributed by atoms with E-state index in [4.69, 9.17) is 4.74 Å². The molecule has 1 N–H and O–H groups in total. The summed E-state index contributed by atoms with van der Waals surface area (Å²) in [6.07, 6.45) is 0. The minimum absolute atomic E-state index is 0.105. The van der Waals surface area contributed by atoms with Crippen LogP contribution in [0.3, 0.4) is 0 Å². The number of nitrogens with one attached hydrogen (secondary N) is 1. The minimum Gasteiger partial charge on any atom is -0.452 e. The van der Waals surface area contributed by atoms with Gasteiger partial charge in [0.2, 0.25) is 0 Å². The topological polar surface area (TPSA) is 75.7 Å². The van der Waals surface area contributed by atoms with Crippen LogP contribution in [0.5, 0.6) is 0 Å². The number of hydrogen-bond donors (Lipinski definition) is 1. The van der Waals surface area contributed by atoms with Crippen molar-refractivity contribution in [3.05, 3.63) is 95.6 Å². The van der Waals surface area contributed by atoms with E-state index >= 15 is 0 Å². The first kappa shape index (κ1) is 20.8. The second kappa shape index (κ2) is 9.52. The van der Waals surface area contributed by atoms with Crippen molar-refractivity contribution in [3.63, 3.8) is 0 Å². The van der Waals surface area contributed by atoms with Crippen LogP contribution in [0.15, 0.2) is 78.9 Å². The van der Waals surface area contributed by atoms with Gasteiger partial charge in [-0.1, -0.05) is 48.0 Å². The monoisotopic (exact) mass is 402 g/mol. The molecule has 0 unspecified atom stereocenters. The van der Waals surface area contributed by atoms with E-state index in [0.717, 1.165) is 5.56 Å². The largest absolute Gasteiger partial charge is 0.452 e. The molecule has 3 aromatic carbocycles. The SMILES string of the molecule is Cc1ccc(NC(=O)COC(=O)c2ccccc2C(=O)N(C)c2ccccc2)cc1. The maximum atomic E-state index is 12.9. The van der Waals surface area contributed by atoms with E-state index in [-0.39, 0.29) is 17.0 Å². The predicted octanol–water partition coefficient (Wildman–Crippen LogP) is 4.07. The van der Waals surface area contributed by atoms with E-state index < -0.39 is 18.5 Å². The molecule has 30 heavy (non-hydrogen) atoms. The highest BCUT2D eigenvalue weighted by atomic mass is 16.5. The Morgan fingerprint density at radius 2 is 1.43 bits per heavy atom. The summed E-state index contributed by atoms with van der Waals surface area (Å²) in [6, 6.07) is 22.8. The summed E-state index contributed by atoms with van der Waals surface area (Å²) in [6.45, 7) is 1.49. The zero-order chi connectivity index (χ0) is 21.5. The second-order valence-corrected chi connectivity index (χ2v) is 6.74. The second-order valence-electron chi connectivity index (χ2n) is 6.74. The Balaban J connectivity index is 1.67. The lowest BCUT2D eigenvalue weighted by atomic mass is 10.1. The van der Waals surface area contributed by atoms with Gasteiger partial charge in [0.25, 0.3) is 11.8 Å². The summed E-state index contributed by atoms with van der Waals surface area (Å²) in [7, 11) is 1.63. The van der Waals surface area contributed by atoms with Gasteiger partial charge in [-0.3, -0.25) is 9.59 Å². The van der Waals surface area contributed by atoms with Crippen LogP contribution in [0, 0.1) is 6.92 Å². The van der Waals surface area contributed by atoms with Crippen LogP contribution in [-0.4, -0.2) is 31.4 Å². The molecule has 6 nitrogen and oxygen atoms in total. The fourth-order valence-electron chi connectivity index (χ4n) is 2.84. The van der Waals surface area contributed by atoms with Gasteiger partial charge < -0.3 is 15.0 Å². The van der Waals surface area contributed by atoms with Crippen molar-refractivity contribution in [1.29, 1.82) is 0 Å². The van der Waals surface area contributed by atoms with Crippen LogP contribution in [0.1, 0.15) is 26.3 Å². The Labute approximate surface area is 175 Å². The van der Waals surface area contributed by atoms with Gasteiger partial charge >= 0.3 is 5.97 Å².